The van der Waals surface area contributed by atoms with E-state index in [0.29, 0.717) is 16.3 Å². The van der Waals surface area contributed by atoms with Crippen LogP contribution in [0, 0.1) is 0 Å². The fraction of sp³-hybridized carbons (Fsp3) is 0.240. The molecule has 0 radical (unpaired) electrons. The Morgan fingerprint density at radius 3 is 2.46 bits per heavy atom. The van der Waals surface area contributed by atoms with Gasteiger partial charge in [0.2, 0.25) is 17.7 Å². The monoisotopic (exact) mass is 541 g/mol. The molecule has 3 aromatic rings. The number of H-pyrrole nitrogens is 2. The average molecular weight is 542 g/mol. The van der Waals surface area contributed by atoms with Crippen LogP contribution in [-0.4, -0.2) is 37.3 Å². The standard InChI is InChI=1S/C25H24ClN5O5S/c1-12(2)13-6-8-14(9-7-13)20(19-22(34)29-24(36)30-23(19)35)28-25-31-21(33)17(37-25)11-18(32)27-16-5-3-4-15(26)10-16/h3-10,12,17,20H,11H2,1-2H3,(H,27,32)(H,28,31,33)(H3,29,30,34,35,36)/t17-,20-/m0/s1. The maximum atomic E-state index is 12.6. The van der Waals surface area contributed by atoms with Gasteiger partial charge in [-0.05, 0) is 35.2 Å². The van der Waals surface area contributed by atoms with E-state index in [1.807, 2.05) is 26.0 Å². The number of benzene rings is 2. The molecule has 0 spiro atoms. The third kappa shape index (κ3) is 6.30. The summed E-state index contributed by atoms with van der Waals surface area (Å²) in [7, 11) is 0. The highest BCUT2D eigenvalue weighted by Gasteiger charge is 2.34. The number of carbonyl (C=O) groups excluding carboxylic acids is 2. The van der Waals surface area contributed by atoms with Crippen molar-refractivity contribution < 1.29 is 14.7 Å². The summed E-state index contributed by atoms with van der Waals surface area (Å²) >= 11 is 6.99. The zero-order valence-corrected chi connectivity index (χ0v) is 21.4. The summed E-state index contributed by atoms with van der Waals surface area (Å²) in [4.78, 5) is 58.2. The second kappa shape index (κ2) is 11.1. The molecule has 4 rings (SSSR count). The van der Waals surface area contributed by atoms with Crippen molar-refractivity contribution in [2.24, 2.45) is 4.99 Å². The highest BCUT2D eigenvalue weighted by molar-refractivity contribution is 8.15. The molecule has 12 heteroatoms. The number of rotatable bonds is 7. The van der Waals surface area contributed by atoms with Gasteiger partial charge in [-0.3, -0.25) is 24.4 Å². The number of hydrogen-bond acceptors (Lipinski definition) is 7. The van der Waals surface area contributed by atoms with Crippen molar-refractivity contribution >= 4 is 46.0 Å². The van der Waals surface area contributed by atoms with E-state index in [0.717, 1.165) is 17.3 Å². The van der Waals surface area contributed by atoms with E-state index >= 15 is 0 Å². The van der Waals surface area contributed by atoms with Crippen molar-refractivity contribution in [1.82, 2.24) is 15.3 Å². The summed E-state index contributed by atoms with van der Waals surface area (Å²) in [6.07, 6.45) is -0.125. The molecular formula is C25H24ClN5O5S. The van der Waals surface area contributed by atoms with Gasteiger partial charge in [-0.15, -0.1) is 0 Å². The first-order valence-corrected chi connectivity index (χ1v) is 12.6. The summed E-state index contributed by atoms with van der Waals surface area (Å²) in [6, 6.07) is 12.9. The Labute approximate surface area is 220 Å². The van der Waals surface area contributed by atoms with E-state index in [9.17, 15) is 24.3 Å². The summed E-state index contributed by atoms with van der Waals surface area (Å²) < 4.78 is 0. The zero-order valence-electron chi connectivity index (χ0n) is 19.9. The molecule has 2 amide bonds. The van der Waals surface area contributed by atoms with Crippen LogP contribution in [0.15, 0.2) is 63.1 Å². The molecule has 10 nitrogen and oxygen atoms in total. The number of anilines is 1. The molecule has 5 N–H and O–H groups in total. The van der Waals surface area contributed by atoms with Crippen molar-refractivity contribution in [3.63, 3.8) is 0 Å². The van der Waals surface area contributed by atoms with Gasteiger partial charge in [-0.1, -0.05) is 67.5 Å². The summed E-state index contributed by atoms with van der Waals surface area (Å²) in [5.41, 5.74) is 0.275. The molecule has 1 fully saturated rings. The van der Waals surface area contributed by atoms with Crippen LogP contribution in [0.3, 0.4) is 0 Å². The van der Waals surface area contributed by atoms with Crippen LogP contribution in [0.5, 0.6) is 5.88 Å². The number of aromatic hydroxyl groups is 1. The van der Waals surface area contributed by atoms with Gasteiger partial charge in [-0.2, -0.15) is 0 Å². The molecule has 37 heavy (non-hydrogen) atoms. The third-order valence-corrected chi connectivity index (χ3v) is 6.98. The number of thioether (sulfide) groups is 1. The van der Waals surface area contributed by atoms with E-state index in [-0.39, 0.29) is 29.0 Å². The van der Waals surface area contributed by atoms with Crippen LogP contribution in [0.2, 0.25) is 5.02 Å². The van der Waals surface area contributed by atoms with Crippen LogP contribution in [0.25, 0.3) is 0 Å². The van der Waals surface area contributed by atoms with Crippen LogP contribution in [-0.2, 0) is 9.59 Å². The number of aliphatic imine (C=N–C) groups is 1. The molecule has 1 aliphatic rings. The third-order valence-electron chi connectivity index (χ3n) is 5.65. The van der Waals surface area contributed by atoms with Crippen LogP contribution in [0.1, 0.15) is 48.9 Å². The smallest absolute Gasteiger partial charge is 0.328 e. The fourth-order valence-electron chi connectivity index (χ4n) is 3.77. The Bertz CT molecular complexity index is 1480. The number of halogens is 1. The zero-order chi connectivity index (χ0) is 26.7. The highest BCUT2D eigenvalue weighted by Crippen LogP contribution is 2.32. The molecule has 2 aromatic carbocycles. The van der Waals surface area contributed by atoms with Gasteiger partial charge in [0.15, 0.2) is 5.17 Å². The van der Waals surface area contributed by atoms with Gasteiger partial charge in [-0.25, -0.2) is 9.79 Å². The average Bonchev–Trinajstić information content (AvgIpc) is 3.16. The first-order valence-electron chi connectivity index (χ1n) is 11.4. The number of amides is 2. The molecule has 1 saturated heterocycles. The van der Waals surface area contributed by atoms with E-state index < -0.39 is 34.3 Å². The molecule has 2 heterocycles. The lowest BCUT2D eigenvalue weighted by atomic mass is 9.96. The van der Waals surface area contributed by atoms with Crippen molar-refractivity contribution in [1.29, 1.82) is 0 Å². The molecule has 0 saturated carbocycles. The van der Waals surface area contributed by atoms with Gasteiger partial charge < -0.3 is 15.7 Å². The van der Waals surface area contributed by atoms with Crippen LogP contribution in [0.4, 0.5) is 5.69 Å². The Balaban J connectivity index is 1.61. The molecule has 0 aliphatic carbocycles. The molecular weight excluding hydrogens is 518 g/mol. The lowest BCUT2D eigenvalue weighted by Gasteiger charge is -2.15. The Hall–Kier alpha value is -3.83. The maximum absolute atomic E-state index is 12.6. The quantitative estimate of drug-likeness (QED) is 0.309. The van der Waals surface area contributed by atoms with Crippen molar-refractivity contribution in [2.75, 3.05) is 5.32 Å². The van der Waals surface area contributed by atoms with Gasteiger partial charge in [0.25, 0.3) is 5.56 Å². The van der Waals surface area contributed by atoms with Gasteiger partial charge >= 0.3 is 5.69 Å². The first-order chi connectivity index (χ1) is 17.6. The Morgan fingerprint density at radius 1 is 1.11 bits per heavy atom. The SMILES string of the molecule is CC(C)c1ccc([C@H](N=C2NC(=O)[C@H](CC(=O)Nc3cccc(Cl)c3)S2)c2c(O)[nH]c(=O)[nH]c2=O)cc1. The Morgan fingerprint density at radius 2 is 1.81 bits per heavy atom. The summed E-state index contributed by atoms with van der Waals surface area (Å²) in [5.74, 6) is -1.15. The minimum absolute atomic E-state index is 0.125. The minimum Gasteiger partial charge on any atom is -0.494 e. The molecule has 1 aliphatic heterocycles. The number of nitrogens with zero attached hydrogens (tertiary/aromatic N) is 1. The lowest BCUT2D eigenvalue weighted by Crippen LogP contribution is -2.29. The molecule has 0 unspecified atom stereocenters. The Kier molecular flexibility index (Phi) is 7.84. The molecule has 1 aromatic heterocycles. The number of aromatic amines is 2. The summed E-state index contributed by atoms with van der Waals surface area (Å²) in [5, 5.41) is 15.6. The first kappa shape index (κ1) is 26.2. The molecule has 192 valence electrons. The van der Waals surface area contributed by atoms with E-state index in [4.69, 9.17) is 11.6 Å². The number of hydrogen-bond donors (Lipinski definition) is 5. The number of aromatic nitrogens is 2. The van der Waals surface area contributed by atoms with E-state index in [1.165, 1.54) is 0 Å². The number of carbonyl (C=O) groups is 2. The van der Waals surface area contributed by atoms with Gasteiger partial charge in [0.1, 0.15) is 16.9 Å². The normalized spacial score (nSPS) is 17.1. The topological polar surface area (TPSA) is 157 Å². The largest absolute Gasteiger partial charge is 0.494 e. The minimum atomic E-state index is -1.04. The molecule has 2 atom stereocenters. The second-order valence-electron chi connectivity index (χ2n) is 8.69. The second-order valence-corrected chi connectivity index (χ2v) is 10.3. The van der Waals surface area contributed by atoms with Gasteiger partial charge in [0, 0.05) is 17.1 Å². The highest BCUT2D eigenvalue weighted by atomic mass is 35.5. The van der Waals surface area contributed by atoms with E-state index in [2.05, 4.69) is 25.6 Å². The summed E-state index contributed by atoms with van der Waals surface area (Å²) in [6.45, 7) is 4.08. The van der Waals surface area contributed by atoms with Crippen molar-refractivity contribution in [2.45, 2.75) is 37.5 Å². The number of nitrogens with one attached hydrogen (secondary N) is 4. The van der Waals surface area contributed by atoms with Crippen LogP contribution >= 0.6 is 23.4 Å². The fourth-order valence-corrected chi connectivity index (χ4v) is 4.96. The maximum Gasteiger partial charge on any atom is 0.328 e. The lowest BCUT2D eigenvalue weighted by molar-refractivity contribution is -0.122. The van der Waals surface area contributed by atoms with Crippen molar-refractivity contribution in [3.05, 3.63) is 91.1 Å². The molecule has 0 bridgehead atoms. The van der Waals surface area contributed by atoms with Crippen molar-refractivity contribution in [3.8, 4) is 5.88 Å². The van der Waals surface area contributed by atoms with E-state index in [1.54, 1.807) is 36.4 Å². The predicted octanol–water partition coefficient (Wildman–Crippen LogP) is 3.25. The number of amidine groups is 1. The van der Waals surface area contributed by atoms with Crippen LogP contribution < -0.4 is 21.9 Å². The predicted molar refractivity (Wildman–Crippen MR) is 143 cm³/mol. The van der Waals surface area contributed by atoms with Gasteiger partial charge in [0.05, 0.1) is 0 Å².